The van der Waals surface area contributed by atoms with Gasteiger partial charge in [-0.25, -0.2) is 0 Å². The molecule has 1 aromatic heterocycles. The van der Waals surface area contributed by atoms with E-state index in [1.54, 1.807) is 10.9 Å². The normalized spacial score (nSPS) is 32.3. The molecule has 1 aliphatic heterocycles. The zero-order valence-corrected chi connectivity index (χ0v) is 12.4. The molecule has 0 aliphatic carbocycles. The topological polar surface area (TPSA) is 130 Å². The summed E-state index contributed by atoms with van der Waals surface area (Å²) in [6, 6.07) is 0. The van der Waals surface area contributed by atoms with Crippen LogP contribution in [0.1, 0.15) is 25.5 Å². The summed E-state index contributed by atoms with van der Waals surface area (Å²) < 4.78 is 12.1. The fraction of sp³-hybridized carbons (Fsp3) is 0.846. The summed E-state index contributed by atoms with van der Waals surface area (Å²) in [6.07, 6.45) is -2.97. The van der Waals surface area contributed by atoms with Gasteiger partial charge in [-0.1, -0.05) is 18.6 Å². The van der Waals surface area contributed by atoms with Gasteiger partial charge < -0.3 is 29.9 Å². The minimum absolute atomic E-state index is 0.0518. The number of unbranched alkanes of at least 4 members (excludes halogenated alkanes) is 1. The van der Waals surface area contributed by atoms with E-state index in [9.17, 15) is 20.4 Å². The van der Waals surface area contributed by atoms with Gasteiger partial charge >= 0.3 is 0 Å². The highest BCUT2D eigenvalue weighted by Crippen LogP contribution is 2.20. The third-order valence-electron chi connectivity index (χ3n) is 3.55. The number of nitrogens with zero attached hydrogens (tertiary/aromatic N) is 3. The molecule has 22 heavy (non-hydrogen) atoms. The van der Waals surface area contributed by atoms with Crippen LogP contribution >= 0.6 is 0 Å². The van der Waals surface area contributed by atoms with Crippen LogP contribution in [-0.2, 0) is 22.6 Å². The predicted octanol–water partition coefficient (Wildman–Crippen LogP) is -1.61. The molecule has 4 N–H and O–H groups in total. The zero-order valence-electron chi connectivity index (χ0n) is 12.4. The van der Waals surface area contributed by atoms with Crippen molar-refractivity contribution in [3.8, 4) is 0 Å². The van der Waals surface area contributed by atoms with Crippen molar-refractivity contribution in [2.75, 3.05) is 6.61 Å². The number of aliphatic hydroxyl groups excluding tert-OH is 4. The Labute approximate surface area is 128 Å². The molecule has 1 fully saturated rings. The van der Waals surface area contributed by atoms with Gasteiger partial charge in [0.15, 0.2) is 6.29 Å². The van der Waals surface area contributed by atoms with Gasteiger partial charge in [0.2, 0.25) is 0 Å². The molecule has 0 radical (unpaired) electrons. The van der Waals surface area contributed by atoms with E-state index in [1.807, 2.05) is 0 Å². The van der Waals surface area contributed by atoms with E-state index in [0.717, 1.165) is 19.4 Å². The van der Waals surface area contributed by atoms with Crippen molar-refractivity contribution in [3.63, 3.8) is 0 Å². The highest BCUT2D eigenvalue weighted by Gasteiger charge is 2.42. The molecule has 2 heterocycles. The van der Waals surface area contributed by atoms with E-state index in [1.165, 1.54) is 0 Å². The molecular formula is C13H23N3O6. The summed E-state index contributed by atoms with van der Waals surface area (Å²) in [6.45, 7) is 3.01. The van der Waals surface area contributed by atoms with Crippen LogP contribution in [0.25, 0.3) is 0 Å². The predicted molar refractivity (Wildman–Crippen MR) is 73.5 cm³/mol. The Morgan fingerprint density at radius 2 is 2.00 bits per heavy atom. The first-order chi connectivity index (χ1) is 10.5. The Kier molecular flexibility index (Phi) is 6.24. The molecule has 1 saturated heterocycles. The van der Waals surface area contributed by atoms with Crippen molar-refractivity contribution in [2.24, 2.45) is 0 Å². The van der Waals surface area contributed by atoms with Gasteiger partial charge in [0.25, 0.3) is 0 Å². The number of aromatic nitrogens is 3. The average molecular weight is 317 g/mol. The highest BCUT2D eigenvalue weighted by atomic mass is 16.6. The molecule has 0 amide bonds. The quantitative estimate of drug-likeness (QED) is 0.473. The van der Waals surface area contributed by atoms with E-state index >= 15 is 0 Å². The largest absolute Gasteiger partial charge is 0.387 e. The summed E-state index contributed by atoms with van der Waals surface area (Å²) in [5.74, 6) is 0. The van der Waals surface area contributed by atoms with Crippen LogP contribution < -0.4 is 0 Å². The minimum Gasteiger partial charge on any atom is -0.387 e. The second-order valence-electron chi connectivity index (χ2n) is 5.38. The Bertz CT molecular complexity index is 457. The number of aryl methyl sites for hydroxylation is 1. The fourth-order valence-electron chi connectivity index (χ4n) is 2.18. The summed E-state index contributed by atoms with van der Waals surface area (Å²) in [5, 5.41) is 46.0. The highest BCUT2D eigenvalue weighted by molar-refractivity contribution is 4.91. The van der Waals surface area contributed by atoms with Gasteiger partial charge in [0.05, 0.1) is 19.4 Å². The lowest BCUT2D eigenvalue weighted by Crippen LogP contribution is -2.58. The van der Waals surface area contributed by atoms with Gasteiger partial charge in [-0.15, -0.1) is 5.10 Å². The van der Waals surface area contributed by atoms with Crippen LogP contribution in [0.3, 0.4) is 0 Å². The van der Waals surface area contributed by atoms with Crippen LogP contribution in [0.4, 0.5) is 0 Å². The second kappa shape index (κ2) is 7.95. The van der Waals surface area contributed by atoms with E-state index in [0.29, 0.717) is 5.69 Å². The van der Waals surface area contributed by atoms with Gasteiger partial charge in [-0.05, 0) is 6.42 Å². The molecule has 1 aliphatic rings. The first-order valence-electron chi connectivity index (χ1n) is 7.37. The van der Waals surface area contributed by atoms with Gasteiger partial charge in [0.1, 0.15) is 30.1 Å². The number of hydrogen-bond donors (Lipinski definition) is 4. The van der Waals surface area contributed by atoms with Crippen LogP contribution in [0, 0.1) is 0 Å². The molecular weight excluding hydrogens is 294 g/mol. The maximum absolute atomic E-state index is 9.77. The Morgan fingerprint density at radius 1 is 1.23 bits per heavy atom. The van der Waals surface area contributed by atoms with E-state index in [-0.39, 0.29) is 13.2 Å². The van der Waals surface area contributed by atoms with Crippen molar-refractivity contribution >= 4 is 0 Å². The molecule has 1 unspecified atom stereocenters. The monoisotopic (exact) mass is 317 g/mol. The summed E-state index contributed by atoms with van der Waals surface area (Å²) in [7, 11) is 0. The number of aliphatic hydroxyl groups is 4. The molecule has 0 saturated carbocycles. The third kappa shape index (κ3) is 4.22. The lowest BCUT2D eigenvalue weighted by molar-refractivity contribution is -0.289. The Morgan fingerprint density at radius 3 is 2.73 bits per heavy atom. The molecule has 0 aromatic carbocycles. The molecule has 9 nitrogen and oxygen atoms in total. The molecule has 5 atom stereocenters. The molecule has 0 bridgehead atoms. The van der Waals surface area contributed by atoms with Crippen molar-refractivity contribution < 1.29 is 29.9 Å². The van der Waals surface area contributed by atoms with Gasteiger partial charge in [0, 0.05) is 6.54 Å². The van der Waals surface area contributed by atoms with Crippen LogP contribution in [0.2, 0.25) is 0 Å². The summed E-state index contributed by atoms with van der Waals surface area (Å²) in [4.78, 5) is 0. The maximum Gasteiger partial charge on any atom is 0.184 e. The van der Waals surface area contributed by atoms with E-state index in [2.05, 4.69) is 17.2 Å². The summed E-state index contributed by atoms with van der Waals surface area (Å²) >= 11 is 0. The summed E-state index contributed by atoms with van der Waals surface area (Å²) in [5.41, 5.74) is 0.641. The first kappa shape index (κ1) is 17.3. The second-order valence-corrected chi connectivity index (χ2v) is 5.38. The van der Waals surface area contributed by atoms with Crippen molar-refractivity contribution in [1.29, 1.82) is 0 Å². The Balaban J connectivity index is 1.77. The van der Waals surface area contributed by atoms with Crippen molar-refractivity contribution in [3.05, 3.63) is 11.9 Å². The maximum atomic E-state index is 9.77. The fourth-order valence-corrected chi connectivity index (χ4v) is 2.18. The SMILES string of the molecule is CCCCn1cc(COC[C@H]2OC(O)[C@H](O)[C@@H](O)[C@H]2O)nn1. The Hall–Kier alpha value is -1.10. The van der Waals surface area contributed by atoms with Crippen LogP contribution in [0.5, 0.6) is 0 Å². The number of ether oxygens (including phenoxy) is 2. The number of rotatable bonds is 7. The zero-order chi connectivity index (χ0) is 16.1. The van der Waals surface area contributed by atoms with Crippen molar-refractivity contribution in [2.45, 2.75) is 63.6 Å². The van der Waals surface area contributed by atoms with E-state index in [4.69, 9.17) is 9.47 Å². The first-order valence-corrected chi connectivity index (χ1v) is 7.37. The van der Waals surface area contributed by atoms with E-state index < -0.39 is 30.7 Å². The minimum atomic E-state index is -1.55. The van der Waals surface area contributed by atoms with Crippen LogP contribution in [-0.4, -0.2) is 72.7 Å². The molecule has 1 aromatic rings. The smallest absolute Gasteiger partial charge is 0.184 e. The molecule has 2 rings (SSSR count). The standard InChI is InChI=1S/C13H23N3O6/c1-2-3-4-16-5-8(14-15-16)6-21-7-9-10(17)11(18)12(19)13(20)22-9/h5,9-13,17-20H,2-4,6-7H2,1H3/t9-,10+,11+,12-,13?/m1/s1. The molecule has 126 valence electrons. The van der Waals surface area contributed by atoms with Crippen molar-refractivity contribution in [1.82, 2.24) is 15.0 Å². The van der Waals surface area contributed by atoms with Gasteiger partial charge in [-0.3, -0.25) is 4.68 Å². The van der Waals surface area contributed by atoms with Gasteiger partial charge in [-0.2, -0.15) is 0 Å². The molecule has 0 spiro atoms. The average Bonchev–Trinajstić information content (AvgIpc) is 2.96. The third-order valence-corrected chi connectivity index (χ3v) is 3.55. The number of hydrogen-bond acceptors (Lipinski definition) is 8. The lowest BCUT2D eigenvalue weighted by atomic mass is 9.99. The molecule has 9 heteroatoms. The lowest BCUT2D eigenvalue weighted by Gasteiger charge is -2.38. The van der Waals surface area contributed by atoms with Crippen LogP contribution in [0.15, 0.2) is 6.20 Å².